The van der Waals surface area contributed by atoms with E-state index in [1.807, 2.05) is 0 Å². The van der Waals surface area contributed by atoms with Gasteiger partial charge in [-0.1, -0.05) is 12.8 Å². The molecule has 1 aliphatic heterocycles. The van der Waals surface area contributed by atoms with Crippen molar-refractivity contribution in [2.75, 3.05) is 19.7 Å². The number of aliphatic hydroxyl groups excluding tert-OH is 2. The van der Waals surface area contributed by atoms with Gasteiger partial charge >= 0.3 is 0 Å². The molecule has 3 heteroatoms. The van der Waals surface area contributed by atoms with Gasteiger partial charge in [-0.15, -0.1) is 0 Å². The number of rotatable bonds is 2. The van der Waals surface area contributed by atoms with Crippen molar-refractivity contribution in [2.24, 2.45) is 5.92 Å². The van der Waals surface area contributed by atoms with E-state index in [-0.39, 0.29) is 6.10 Å². The molecule has 1 aliphatic carbocycles. The number of likely N-dealkylation sites (tertiary alicyclic amines) is 1. The van der Waals surface area contributed by atoms with E-state index in [9.17, 15) is 5.11 Å². The molecule has 1 heterocycles. The summed E-state index contributed by atoms with van der Waals surface area (Å²) in [5, 5.41) is 19.0. The van der Waals surface area contributed by atoms with Gasteiger partial charge in [-0.3, -0.25) is 4.90 Å². The van der Waals surface area contributed by atoms with Crippen LogP contribution in [0.15, 0.2) is 0 Å². The molecular formula is C12H23NO2. The molecule has 2 atom stereocenters. The first kappa shape index (κ1) is 11.4. The van der Waals surface area contributed by atoms with Crippen LogP contribution in [0, 0.1) is 5.92 Å². The number of aliphatic hydroxyl groups is 2. The van der Waals surface area contributed by atoms with E-state index in [4.69, 9.17) is 5.11 Å². The summed E-state index contributed by atoms with van der Waals surface area (Å²) in [5.41, 5.74) is 0. The van der Waals surface area contributed by atoms with E-state index in [1.165, 1.54) is 12.8 Å². The molecule has 2 fully saturated rings. The predicted octanol–water partition coefficient (Wildman–Crippen LogP) is 0.994. The standard InChI is InChI=1S/C12H23NO2/c14-9-10-5-7-13(8-6-10)11-3-1-2-4-12(11)15/h10-12,14-15H,1-9H2/t11-,12-/m0/s1. The van der Waals surface area contributed by atoms with Crippen LogP contribution >= 0.6 is 0 Å². The largest absolute Gasteiger partial charge is 0.396 e. The van der Waals surface area contributed by atoms with E-state index >= 15 is 0 Å². The SMILES string of the molecule is OCC1CCN([C@H]2CCCC[C@@H]2O)CC1. The molecule has 1 saturated heterocycles. The van der Waals surface area contributed by atoms with Crippen molar-refractivity contribution in [3.8, 4) is 0 Å². The predicted molar refractivity (Wildman–Crippen MR) is 59.6 cm³/mol. The summed E-state index contributed by atoms with van der Waals surface area (Å²) in [6.45, 7) is 2.46. The lowest BCUT2D eigenvalue weighted by Crippen LogP contribution is -2.49. The van der Waals surface area contributed by atoms with Crippen LogP contribution in [-0.2, 0) is 0 Å². The van der Waals surface area contributed by atoms with Gasteiger partial charge in [-0.05, 0) is 44.7 Å². The fourth-order valence-corrected chi connectivity index (χ4v) is 2.98. The van der Waals surface area contributed by atoms with Crippen molar-refractivity contribution in [3.63, 3.8) is 0 Å². The monoisotopic (exact) mass is 213 g/mol. The van der Waals surface area contributed by atoms with Gasteiger partial charge in [0.15, 0.2) is 0 Å². The fraction of sp³-hybridized carbons (Fsp3) is 1.00. The average Bonchev–Trinajstić information content (AvgIpc) is 2.30. The molecule has 0 spiro atoms. The molecule has 0 unspecified atom stereocenters. The van der Waals surface area contributed by atoms with Gasteiger partial charge in [0.25, 0.3) is 0 Å². The minimum atomic E-state index is -0.107. The van der Waals surface area contributed by atoms with Crippen molar-refractivity contribution in [1.29, 1.82) is 0 Å². The van der Waals surface area contributed by atoms with Crippen molar-refractivity contribution in [3.05, 3.63) is 0 Å². The second kappa shape index (κ2) is 5.28. The molecule has 0 radical (unpaired) electrons. The summed E-state index contributed by atoms with van der Waals surface area (Å²) in [5.74, 6) is 0.502. The Bertz CT molecular complexity index is 190. The Hall–Kier alpha value is -0.120. The van der Waals surface area contributed by atoms with E-state index < -0.39 is 0 Å². The van der Waals surface area contributed by atoms with Crippen LogP contribution in [0.1, 0.15) is 38.5 Å². The van der Waals surface area contributed by atoms with Gasteiger partial charge in [0, 0.05) is 12.6 Å². The quantitative estimate of drug-likeness (QED) is 0.719. The van der Waals surface area contributed by atoms with E-state index in [0.717, 1.165) is 38.8 Å². The van der Waals surface area contributed by atoms with Gasteiger partial charge in [0.1, 0.15) is 0 Å². The van der Waals surface area contributed by atoms with Crippen molar-refractivity contribution >= 4 is 0 Å². The number of piperidine rings is 1. The van der Waals surface area contributed by atoms with Crippen molar-refractivity contribution in [2.45, 2.75) is 50.7 Å². The first-order valence-electron chi connectivity index (χ1n) is 6.34. The molecule has 1 saturated carbocycles. The summed E-state index contributed by atoms with van der Waals surface area (Å²) < 4.78 is 0. The Kier molecular flexibility index (Phi) is 4.00. The topological polar surface area (TPSA) is 43.7 Å². The van der Waals surface area contributed by atoms with E-state index in [2.05, 4.69) is 4.90 Å². The Morgan fingerprint density at radius 1 is 1.00 bits per heavy atom. The molecule has 0 aromatic rings. The molecule has 15 heavy (non-hydrogen) atoms. The van der Waals surface area contributed by atoms with Gasteiger partial charge in [-0.2, -0.15) is 0 Å². The van der Waals surface area contributed by atoms with Crippen LogP contribution in [0.2, 0.25) is 0 Å². The van der Waals surface area contributed by atoms with Crippen LogP contribution in [-0.4, -0.2) is 47.0 Å². The Morgan fingerprint density at radius 2 is 1.67 bits per heavy atom. The third kappa shape index (κ3) is 2.71. The van der Waals surface area contributed by atoms with Crippen molar-refractivity contribution < 1.29 is 10.2 Å². The second-order valence-corrected chi connectivity index (χ2v) is 5.08. The Morgan fingerprint density at radius 3 is 2.27 bits per heavy atom. The summed E-state index contributed by atoms with van der Waals surface area (Å²) in [6, 6.07) is 0.401. The minimum absolute atomic E-state index is 0.107. The van der Waals surface area contributed by atoms with Crippen LogP contribution < -0.4 is 0 Å². The highest BCUT2D eigenvalue weighted by molar-refractivity contribution is 4.85. The van der Waals surface area contributed by atoms with Crippen LogP contribution in [0.25, 0.3) is 0 Å². The highest BCUT2D eigenvalue weighted by Gasteiger charge is 2.30. The van der Waals surface area contributed by atoms with Gasteiger partial charge in [0.05, 0.1) is 6.10 Å². The molecular weight excluding hydrogens is 190 g/mol. The fourth-order valence-electron chi connectivity index (χ4n) is 2.98. The maximum atomic E-state index is 9.95. The van der Waals surface area contributed by atoms with Crippen LogP contribution in [0.3, 0.4) is 0 Å². The summed E-state index contributed by atoms with van der Waals surface area (Å²) in [4.78, 5) is 2.44. The summed E-state index contributed by atoms with van der Waals surface area (Å²) in [7, 11) is 0. The molecule has 0 amide bonds. The molecule has 2 rings (SSSR count). The Balaban J connectivity index is 1.83. The lowest BCUT2D eigenvalue weighted by Gasteiger charge is -2.41. The van der Waals surface area contributed by atoms with E-state index in [1.54, 1.807) is 0 Å². The average molecular weight is 213 g/mol. The van der Waals surface area contributed by atoms with Gasteiger partial charge < -0.3 is 10.2 Å². The first-order chi connectivity index (χ1) is 7.31. The zero-order valence-electron chi connectivity index (χ0n) is 9.44. The third-order valence-electron chi connectivity index (χ3n) is 4.07. The molecule has 3 nitrogen and oxygen atoms in total. The van der Waals surface area contributed by atoms with E-state index in [0.29, 0.717) is 18.6 Å². The lowest BCUT2D eigenvalue weighted by atomic mass is 9.88. The maximum Gasteiger partial charge on any atom is 0.0695 e. The third-order valence-corrected chi connectivity index (χ3v) is 4.07. The molecule has 2 N–H and O–H groups in total. The Labute approximate surface area is 92.1 Å². The zero-order chi connectivity index (χ0) is 10.7. The van der Waals surface area contributed by atoms with Crippen LogP contribution in [0.4, 0.5) is 0 Å². The number of hydrogen-bond acceptors (Lipinski definition) is 3. The minimum Gasteiger partial charge on any atom is -0.396 e. The number of nitrogens with zero attached hydrogens (tertiary/aromatic N) is 1. The maximum absolute atomic E-state index is 9.95. The lowest BCUT2D eigenvalue weighted by molar-refractivity contribution is -0.000561. The molecule has 2 aliphatic rings. The summed E-state index contributed by atoms with van der Waals surface area (Å²) >= 11 is 0. The second-order valence-electron chi connectivity index (χ2n) is 5.08. The molecule has 0 aromatic heterocycles. The summed E-state index contributed by atoms with van der Waals surface area (Å²) in [6.07, 6.45) is 6.67. The van der Waals surface area contributed by atoms with Crippen LogP contribution in [0.5, 0.6) is 0 Å². The normalized spacial score (nSPS) is 35.6. The molecule has 88 valence electrons. The highest BCUT2D eigenvalue weighted by atomic mass is 16.3. The smallest absolute Gasteiger partial charge is 0.0695 e. The highest BCUT2D eigenvalue weighted by Crippen LogP contribution is 2.27. The van der Waals surface area contributed by atoms with Gasteiger partial charge in [0.2, 0.25) is 0 Å². The molecule has 0 bridgehead atoms. The number of hydrogen-bond donors (Lipinski definition) is 2. The first-order valence-corrected chi connectivity index (χ1v) is 6.34. The van der Waals surface area contributed by atoms with Gasteiger partial charge in [-0.25, -0.2) is 0 Å². The van der Waals surface area contributed by atoms with Crippen molar-refractivity contribution in [1.82, 2.24) is 4.90 Å². The zero-order valence-corrected chi connectivity index (χ0v) is 9.44. The molecule has 0 aromatic carbocycles.